The van der Waals surface area contributed by atoms with Crippen molar-refractivity contribution in [1.82, 2.24) is 0 Å². The Hall–Kier alpha value is -0.870. The summed E-state index contributed by atoms with van der Waals surface area (Å²) in [6.45, 7) is 0. The number of carbonyl (C=O) groups is 1. The average molecular weight is 271 g/mol. The molecule has 0 aliphatic carbocycles. The molecule has 0 spiro atoms. The van der Waals surface area contributed by atoms with Gasteiger partial charge in [0.15, 0.2) is 6.29 Å². The summed E-state index contributed by atoms with van der Waals surface area (Å²) >= 11 is 4.80. The molecule has 1 N–H and O–H groups in total. The van der Waals surface area contributed by atoms with Gasteiger partial charge in [0.1, 0.15) is 5.75 Å². The van der Waals surface area contributed by atoms with Gasteiger partial charge in [-0.25, -0.2) is 0 Å². The van der Waals surface area contributed by atoms with Crippen molar-refractivity contribution in [2.24, 2.45) is 0 Å². The maximum absolute atomic E-state index is 10.6. The number of phenolic OH excluding ortho intramolecular Hbond substituents is 1. The highest BCUT2D eigenvalue weighted by molar-refractivity contribution is 9.08. The molecule has 2 aromatic rings. The minimum absolute atomic E-state index is 0.238. The largest absolute Gasteiger partial charge is 0.508 e. The smallest absolute Gasteiger partial charge is 0.160 e. The average Bonchev–Trinajstić information content (AvgIpc) is 2.59. The van der Waals surface area contributed by atoms with Crippen molar-refractivity contribution < 1.29 is 9.90 Å². The molecule has 72 valence electrons. The molecule has 0 aliphatic rings. The molecule has 0 radical (unpaired) electrons. The van der Waals surface area contributed by atoms with Crippen LogP contribution >= 0.6 is 27.3 Å². The van der Waals surface area contributed by atoms with Crippen LogP contribution < -0.4 is 0 Å². The van der Waals surface area contributed by atoms with E-state index in [4.69, 9.17) is 0 Å². The number of aromatic hydroxyl groups is 1. The molecule has 0 fully saturated rings. The van der Waals surface area contributed by atoms with Crippen molar-refractivity contribution in [2.75, 3.05) is 0 Å². The number of benzene rings is 1. The number of rotatable bonds is 2. The number of alkyl halides is 1. The standard InChI is InChI=1S/C10H7BrO2S/c11-4-7-2-8(13)1-6-3-9(5-12)14-10(6)7/h1-3,5,13H,4H2. The second-order valence-electron chi connectivity index (χ2n) is 2.92. The summed E-state index contributed by atoms with van der Waals surface area (Å²) < 4.78 is 1.06. The molecule has 4 heteroatoms. The molecule has 0 unspecified atom stereocenters. The van der Waals surface area contributed by atoms with Crippen LogP contribution in [0, 0.1) is 0 Å². The number of phenols is 1. The Morgan fingerprint density at radius 2 is 2.21 bits per heavy atom. The zero-order chi connectivity index (χ0) is 10.1. The third-order valence-electron chi connectivity index (χ3n) is 1.96. The molecule has 1 heterocycles. The van der Waals surface area contributed by atoms with Crippen molar-refractivity contribution in [2.45, 2.75) is 5.33 Å². The lowest BCUT2D eigenvalue weighted by Crippen LogP contribution is -1.76. The van der Waals surface area contributed by atoms with Crippen molar-refractivity contribution >= 4 is 43.6 Å². The van der Waals surface area contributed by atoms with E-state index < -0.39 is 0 Å². The van der Waals surface area contributed by atoms with Gasteiger partial charge in [-0.1, -0.05) is 15.9 Å². The molecule has 0 saturated heterocycles. The van der Waals surface area contributed by atoms with E-state index in [1.807, 2.05) is 0 Å². The Morgan fingerprint density at radius 1 is 1.43 bits per heavy atom. The molecule has 2 rings (SSSR count). The highest BCUT2D eigenvalue weighted by Gasteiger charge is 2.07. The molecule has 2 nitrogen and oxygen atoms in total. The molecule has 0 atom stereocenters. The maximum atomic E-state index is 10.6. The molecule has 14 heavy (non-hydrogen) atoms. The van der Waals surface area contributed by atoms with Crippen molar-refractivity contribution in [3.8, 4) is 5.75 Å². The summed E-state index contributed by atoms with van der Waals surface area (Å²) in [6, 6.07) is 5.17. The van der Waals surface area contributed by atoms with Crippen molar-refractivity contribution in [1.29, 1.82) is 0 Å². The van der Waals surface area contributed by atoms with Gasteiger partial charge in [-0.15, -0.1) is 11.3 Å². The van der Waals surface area contributed by atoms with Crippen LogP contribution in [0.2, 0.25) is 0 Å². The van der Waals surface area contributed by atoms with E-state index in [1.54, 1.807) is 18.2 Å². The summed E-state index contributed by atoms with van der Waals surface area (Å²) in [5.74, 6) is 0.238. The van der Waals surface area contributed by atoms with E-state index in [2.05, 4.69) is 15.9 Å². The zero-order valence-corrected chi connectivity index (χ0v) is 9.56. The topological polar surface area (TPSA) is 37.3 Å². The third kappa shape index (κ3) is 1.55. The highest BCUT2D eigenvalue weighted by atomic mass is 79.9. The van der Waals surface area contributed by atoms with Crippen LogP contribution in [0.25, 0.3) is 10.1 Å². The summed E-state index contributed by atoms with van der Waals surface area (Å²) in [5, 5.41) is 11.0. The van der Waals surface area contributed by atoms with Gasteiger partial charge in [-0.05, 0) is 29.1 Å². The van der Waals surface area contributed by atoms with Gasteiger partial charge < -0.3 is 5.11 Å². The molecule has 0 saturated carbocycles. The molecular weight excluding hydrogens is 264 g/mol. The minimum atomic E-state index is 0.238. The number of hydrogen-bond donors (Lipinski definition) is 1. The molecular formula is C10H7BrO2S. The normalized spacial score (nSPS) is 10.6. The van der Waals surface area contributed by atoms with E-state index in [-0.39, 0.29) is 5.75 Å². The van der Waals surface area contributed by atoms with E-state index in [0.717, 1.165) is 21.9 Å². The first-order valence-corrected chi connectivity index (χ1v) is 5.95. The summed E-state index contributed by atoms with van der Waals surface area (Å²) in [5.41, 5.74) is 1.01. The monoisotopic (exact) mass is 270 g/mol. The SMILES string of the molecule is O=Cc1cc2cc(O)cc(CBr)c2s1. The molecule has 0 aliphatic heterocycles. The van der Waals surface area contributed by atoms with Gasteiger partial charge in [0.25, 0.3) is 0 Å². The first kappa shape index (κ1) is 9.68. The van der Waals surface area contributed by atoms with Gasteiger partial charge in [0.2, 0.25) is 0 Å². The number of halogens is 1. The van der Waals surface area contributed by atoms with Gasteiger partial charge in [-0.2, -0.15) is 0 Å². The third-order valence-corrected chi connectivity index (χ3v) is 3.71. The van der Waals surface area contributed by atoms with Crippen molar-refractivity contribution in [3.63, 3.8) is 0 Å². The molecule has 0 bridgehead atoms. The predicted octanol–water partition coefficient (Wildman–Crippen LogP) is 3.31. The van der Waals surface area contributed by atoms with E-state index in [1.165, 1.54) is 11.3 Å². The van der Waals surface area contributed by atoms with E-state index >= 15 is 0 Å². The fourth-order valence-electron chi connectivity index (χ4n) is 1.39. The van der Waals surface area contributed by atoms with Crippen LogP contribution in [-0.4, -0.2) is 11.4 Å². The van der Waals surface area contributed by atoms with Crippen LogP contribution in [0.1, 0.15) is 15.2 Å². The van der Waals surface area contributed by atoms with Gasteiger partial charge in [0, 0.05) is 10.0 Å². The molecule has 0 amide bonds. The predicted molar refractivity (Wildman–Crippen MR) is 61.5 cm³/mol. The molecule has 1 aromatic heterocycles. The van der Waals surface area contributed by atoms with Crippen LogP contribution in [-0.2, 0) is 5.33 Å². The lowest BCUT2D eigenvalue weighted by molar-refractivity contribution is 0.112. The fourth-order valence-corrected chi connectivity index (χ4v) is 2.98. The lowest BCUT2D eigenvalue weighted by Gasteiger charge is -1.99. The van der Waals surface area contributed by atoms with Gasteiger partial charge >= 0.3 is 0 Å². The quantitative estimate of drug-likeness (QED) is 0.672. The molecule has 1 aromatic carbocycles. The first-order valence-electron chi connectivity index (χ1n) is 4.01. The summed E-state index contributed by atoms with van der Waals surface area (Å²) in [7, 11) is 0. The highest BCUT2D eigenvalue weighted by Crippen LogP contribution is 2.32. The fraction of sp³-hybridized carbons (Fsp3) is 0.100. The van der Waals surface area contributed by atoms with Crippen LogP contribution in [0.4, 0.5) is 0 Å². The lowest BCUT2D eigenvalue weighted by atomic mass is 10.2. The second kappa shape index (κ2) is 3.71. The number of aldehydes is 1. The second-order valence-corrected chi connectivity index (χ2v) is 4.57. The maximum Gasteiger partial charge on any atom is 0.160 e. The van der Waals surface area contributed by atoms with Gasteiger partial charge in [0.05, 0.1) is 4.88 Å². The number of thiophene rings is 1. The summed E-state index contributed by atoms with van der Waals surface area (Å²) in [4.78, 5) is 11.3. The van der Waals surface area contributed by atoms with Gasteiger partial charge in [-0.3, -0.25) is 4.79 Å². The van der Waals surface area contributed by atoms with Crippen LogP contribution in [0.5, 0.6) is 5.75 Å². The van der Waals surface area contributed by atoms with Crippen LogP contribution in [0.15, 0.2) is 18.2 Å². The van der Waals surface area contributed by atoms with Crippen molar-refractivity contribution in [3.05, 3.63) is 28.6 Å². The Morgan fingerprint density at radius 3 is 2.86 bits per heavy atom. The number of fused-ring (bicyclic) bond motifs is 1. The van der Waals surface area contributed by atoms with E-state index in [9.17, 15) is 9.90 Å². The first-order chi connectivity index (χ1) is 6.74. The number of carbonyl (C=O) groups excluding carboxylic acids is 1. The van der Waals surface area contributed by atoms with E-state index in [0.29, 0.717) is 10.2 Å². The Bertz CT molecular complexity index is 490. The summed E-state index contributed by atoms with van der Waals surface area (Å²) in [6.07, 6.45) is 0.833. The Balaban J connectivity index is 2.77. The zero-order valence-electron chi connectivity index (χ0n) is 7.16. The Labute approximate surface area is 93.3 Å². The number of hydrogen-bond acceptors (Lipinski definition) is 3. The Kier molecular flexibility index (Phi) is 2.56. The van der Waals surface area contributed by atoms with Crippen LogP contribution in [0.3, 0.4) is 0 Å². The minimum Gasteiger partial charge on any atom is -0.508 e.